The van der Waals surface area contributed by atoms with E-state index in [1.165, 1.54) is 11.3 Å². The standard InChI is InChI=1S/C11H15N3O2S/c12-10(15)8-3-1-5-14(7-8)11(16)13-9-4-2-6-17-9/h2,4,6,8H,1,3,5,7H2,(H2,12,15)(H,13,16). The van der Waals surface area contributed by atoms with Gasteiger partial charge in [0.15, 0.2) is 0 Å². The molecule has 5 nitrogen and oxygen atoms in total. The zero-order chi connectivity index (χ0) is 12.3. The quantitative estimate of drug-likeness (QED) is 0.837. The summed E-state index contributed by atoms with van der Waals surface area (Å²) in [6.45, 7) is 1.10. The van der Waals surface area contributed by atoms with Crippen molar-refractivity contribution >= 4 is 28.3 Å². The minimum absolute atomic E-state index is 0.154. The SMILES string of the molecule is NC(=O)C1CCCN(C(=O)Nc2cccs2)C1. The Morgan fingerprint density at radius 3 is 3.00 bits per heavy atom. The van der Waals surface area contributed by atoms with E-state index in [4.69, 9.17) is 5.73 Å². The van der Waals surface area contributed by atoms with Gasteiger partial charge in [0.25, 0.3) is 0 Å². The van der Waals surface area contributed by atoms with E-state index in [0.29, 0.717) is 13.1 Å². The van der Waals surface area contributed by atoms with E-state index in [9.17, 15) is 9.59 Å². The van der Waals surface area contributed by atoms with Gasteiger partial charge in [-0.25, -0.2) is 4.79 Å². The third-order valence-electron chi connectivity index (χ3n) is 2.86. The molecule has 6 heteroatoms. The monoisotopic (exact) mass is 253 g/mol. The van der Waals surface area contributed by atoms with Gasteiger partial charge in [0, 0.05) is 13.1 Å². The molecule has 3 amide bonds. The molecule has 17 heavy (non-hydrogen) atoms. The number of carbonyl (C=O) groups is 2. The second kappa shape index (κ2) is 5.18. The van der Waals surface area contributed by atoms with Crippen molar-refractivity contribution in [1.82, 2.24) is 4.90 Å². The lowest BCUT2D eigenvalue weighted by Gasteiger charge is -2.30. The number of nitrogens with zero attached hydrogens (tertiary/aromatic N) is 1. The Kier molecular flexibility index (Phi) is 3.63. The van der Waals surface area contributed by atoms with Crippen molar-refractivity contribution in [2.75, 3.05) is 18.4 Å². The molecule has 1 aromatic rings. The summed E-state index contributed by atoms with van der Waals surface area (Å²) >= 11 is 1.47. The van der Waals surface area contributed by atoms with Crippen molar-refractivity contribution in [3.63, 3.8) is 0 Å². The predicted octanol–water partition coefficient (Wildman–Crippen LogP) is 1.48. The topological polar surface area (TPSA) is 75.4 Å². The van der Waals surface area contributed by atoms with Crippen molar-refractivity contribution < 1.29 is 9.59 Å². The number of amides is 3. The lowest BCUT2D eigenvalue weighted by molar-refractivity contribution is -0.123. The van der Waals surface area contributed by atoms with Crippen LogP contribution in [0.2, 0.25) is 0 Å². The molecule has 1 unspecified atom stereocenters. The number of rotatable bonds is 2. The van der Waals surface area contributed by atoms with Crippen molar-refractivity contribution in [2.45, 2.75) is 12.8 Å². The maximum atomic E-state index is 11.9. The van der Waals surface area contributed by atoms with Gasteiger partial charge in [0.05, 0.1) is 10.9 Å². The molecule has 1 aliphatic heterocycles. The fourth-order valence-electron chi connectivity index (χ4n) is 1.93. The lowest BCUT2D eigenvalue weighted by atomic mass is 9.98. The molecule has 1 fully saturated rings. The van der Waals surface area contributed by atoms with Crippen LogP contribution in [0.25, 0.3) is 0 Å². The molecule has 92 valence electrons. The zero-order valence-electron chi connectivity index (χ0n) is 9.39. The van der Waals surface area contributed by atoms with Crippen molar-refractivity contribution in [3.8, 4) is 0 Å². The Bertz CT molecular complexity index is 405. The highest BCUT2D eigenvalue weighted by Crippen LogP contribution is 2.19. The Hall–Kier alpha value is -1.56. The van der Waals surface area contributed by atoms with Gasteiger partial charge in [0.2, 0.25) is 5.91 Å². The van der Waals surface area contributed by atoms with E-state index in [2.05, 4.69) is 5.32 Å². The molecule has 0 bridgehead atoms. The Labute approximate surface area is 104 Å². The summed E-state index contributed by atoms with van der Waals surface area (Å²) < 4.78 is 0. The average molecular weight is 253 g/mol. The molecular weight excluding hydrogens is 238 g/mol. The van der Waals surface area contributed by atoms with Gasteiger partial charge in [-0.05, 0) is 30.4 Å². The molecule has 0 saturated carbocycles. The lowest BCUT2D eigenvalue weighted by Crippen LogP contribution is -2.45. The Morgan fingerprint density at radius 2 is 2.35 bits per heavy atom. The van der Waals surface area contributed by atoms with Crippen LogP contribution >= 0.6 is 11.3 Å². The average Bonchev–Trinajstić information content (AvgIpc) is 2.82. The van der Waals surface area contributed by atoms with E-state index in [1.54, 1.807) is 4.90 Å². The number of primary amides is 1. The maximum absolute atomic E-state index is 11.9. The number of nitrogens with two attached hydrogens (primary N) is 1. The minimum atomic E-state index is -0.321. The number of carbonyl (C=O) groups excluding carboxylic acids is 2. The fraction of sp³-hybridized carbons (Fsp3) is 0.455. The van der Waals surface area contributed by atoms with Crippen molar-refractivity contribution in [3.05, 3.63) is 17.5 Å². The number of nitrogens with one attached hydrogen (secondary N) is 1. The number of thiophene rings is 1. The maximum Gasteiger partial charge on any atom is 0.322 e. The van der Waals surface area contributed by atoms with Gasteiger partial charge in [-0.1, -0.05) is 0 Å². The van der Waals surface area contributed by atoms with E-state index < -0.39 is 0 Å². The first-order valence-electron chi connectivity index (χ1n) is 5.55. The van der Waals surface area contributed by atoms with Crippen LogP contribution < -0.4 is 11.1 Å². The number of hydrogen-bond donors (Lipinski definition) is 2. The molecule has 1 saturated heterocycles. The van der Waals surface area contributed by atoms with E-state index >= 15 is 0 Å². The molecule has 0 aromatic carbocycles. The first-order valence-corrected chi connectivity index (χ1v) is 6.43. The van der Waals surface area contributed by atoms with Gasteiger partial charge >= 0.3 is 6.03 Å². The fourth-order valence-corrected chi connectivity index (χ4v) is 2.54. The van der Waals surface area contributed by atoms with Crippen LogP contribution in [0.5, 0.6) is 0 Å². The van der Waals surface area contributed by atoms with Crippen LogP contribution in [0.3, 0.4) is 0 Å². The van der Waals surface area contributed by atoms with Gasteiger partial charge in [-0.15, -0.1) is 11.3 Å². The highest BCUT2D eigenvalue weighted by molar-refractivity contribution is 7.14. The normalized spacial score (nSPS) is 20.0. The van der Waals surface area contributed by atoms with Crippen LogP contribution in [0.1, 0.15) is 12.8 Å². The molecule has 0 spiro atoms. The van der Waals surface area contributed by atoms with Crippen LogP contribution in [0.4, 0.5) is 9.80 Å². The van der Waals surface area contributed by atoms with Gasteiger partial charge in [0.1, 0.15) is 0 Å². The number of urea groups is 1. The molecular formula is C11H15N3O2S. The number of hydrogen-bond acceptors (Lipinski definition) is 3. The van der Waals surface area contributed by atoms with E-state index in [-0.39, 0.29) is 17.9 Å². The van der Waals surface area contributed by atoms with Crippen LogP contribution in [0.15, 0.2) is 17.5 Å². The summed E-state index contributed by atoms with van der Waals surface area (Å²) in [4.78, 5) is 24.7. The highest BCUT2D eigenvalue weighted by Gasteiger charge is 2.26. The Balaban J connectivity index is 1.93. The molecule has 2 heterocycles. The van der Waals surface area contributed by atoms with Crippen LogP contribution in [-0.4, -0.2) is 29.9 Å². The molecule has 0 radical (unpaired) electrons. The summed E-state index contributed by atoms with van der Waals surface area (Å²) in [6.07, 6.45) is 1.60. The number of anilines is 1. The summed E-state index contributed by atoms with van der Waals surface area (Å²) in [5, 5.41) is 5.52. The largest absolute Gasteiger partial charge is 0.369 e. The first kappa shape index (κ1) is 11.9. The minimum Gasteiger partial charge on any atom is -0.369 e. The third-order valence-corrected chi connectivity index (χ3v) is 3.65. The van der Waals surface area contributed by atoms with Crippen molar-refractivity contribution in [1.29, 1.82) is 0 Å². The smallest absolute Gasteiger partial charge is 0.322 e. The van der Waals surface area contributed by atoms with Gasteiger partial charge in [-0.2, -0.15) is 0 Å². The Morgan fingerprint density at radius 1 is 1.53 bits per heavy atom. The van der Waals surface area contributed by atoms with Gasteiger partial charge < -0.3 is 10.6 Å². The van der Waals surface area contributed by atoms with Crippen molar-refractivity contribution in [2.24, 2.45) is 11.7 Å². The predicted molar refractivity (Wildman–Crippen MR) is 66.8 cm³/mol. The zero-order valence-corrected chi connectivity index (χ0v) is 10.2. The number of likely N-dealkylation sites (tertiary alicyclic amines) is 1. The molecule has 0 aliphatic carbocycles. The summed E-state index contributed by atoms with van der Waals surface area (Å²) in [5.41, 5.74) is 5.27. The third kappa shape index (κ3) is 2.97. The molecule has 2 rings (SSSR count). The molecule has 1 atom stereocenters. The van der Waals surface area contributed by atoms with Crippen LogP contribution in [-0.2, 0) is 4.79 Å². The molecule has 1 aromatic heterocycles. The second-order valence-corrected chi connectivity index (χ2v) is 5.04. The van der Waals surface area contributed by atoms with Crippen LogP contribution in [0, 0.1) is 5.92 Å². The molecule has 3 N–H and O–H groups in total. The summed E-state index contributed by atoms with van der Waals surface area (Å²) in [6, 6.07) is 3.57. The first-order chi connectivity index (χ1) is 8.16. The summed E-state index contributed by atoms with van der Waals surface area (Å²) in [5.74, 6) is -0.531. The van der Waals surface area contributed by atoms with Gasteiger partial charge in [-0.3, -0.25) is 10.1 Å². The van der Waals surface area contributed by atoms with E-state index in [1.807, 2.05) is 17.5 Å². The second-order valence-electron chi connectivity index (χ2n) is 4.09. The molecule has 1 aliphatic rings. The highest BCUT2D eigenvalue weighted by atomic mass is 32.1. The van der Waals surface area contributed by atoms with E-state index in [0.717, 1.165) is 17.8 Å². The summed E-state index contributed by atoms with van der Waals surface area (Å²) in [7, 11) is 0. The number of piperidine rings is 1.